The number of primary amides is 1. The highest BCUT2D eigenvalue weighted by molar-refractivity contribution is 7.86. The highest BCUT2D eigenvalue weighted by Crippen LogP contribution is 2.19. The van der Waals surface area contributed by atoms with Crippen LogP contribution in [0.1, 0.15) is 25.7 Å². The minimum absolute atomic E-state index is 0.0604. The van der Waals surface area contributed by atoms with E-state index < -0.39 is 21.8 Å². The minimum Gasteiger partial charge on any atom is -0.396 e. The lowest BCUT2D eigenvalue weighted by Gasteiger charge is -2.14. The van der Waals surface area contributed by atoms with E-state index >= 15 is 0 Å². The number of rotatable bonds is 10. The zero-order chi connectivity index (χ0) is 15.8. The summed E-state index contributed by atoms with van der Waals surface area (Å²) in [5.41, 5.74) is 5.72. The van der Waals surface area contributed by atoms with Crippen LogP contribution in [0.2, 0.25) is 0 Å². The van der Waals surface area contributed by atoms with Gasteiger partial charge in [0.15, 0.2) is 0 Å². The lowest BCUT2D eigenvalue weighted by atomic mass is 9.99. The number of hydrogen-bond acceptors (Lipinski definition) is 5. The molecule has 0 radical (unpaired) electrons. The molecule has 0 heterocycles. The highest BCUT2D eigenvalue weighted by Gasteiger charge is 2.19. The number of amides is 1. The van der Waals surface area contributed by atoms with Gasteiger partial charge >= 0.3 is 0 Å². The maximum atomic E-state index is 11.4. The van der Waals surface area contributed by atoms with Gasteiger partial charge in [0, 0.05) is 12.2 Å². The van der Waals surface area contributed by atoms with Crippen molar-refractivity contribution in [3.8, 4) is 0 Å². The molecule has 0 aliphatic heterocycles. The van der Waals surface area contributed by atoms with Crippen LogP contribution in [-0.4, -0.2) is 61.9 Å². The Balaban J connectivity index is 5.13. The maximum absolute atomic E-state index is 11.4. The van der Waals surface area contributed by atoms with Crippen LogP contribution in [0.3, 0.4) is 0 Å². The van der Waals surface area contributed by atoms with Crippen molar-refractivity contribution in [3.05, 3.63) is 11.1 Å². The van der Waals surface area contributed by atoms with Gasteiger partial charge in [-0.3, -0.25) is 9.35 Å². The number of aliphatic hydroxyl groups excluding tert-OH is 1. The van der Waals surface area contributed by atoms with Crippen LogP contribution < -0.4 is 5.73 Å². The molecule has 0 spiro atoms. The Morgan fingerprint density at radius 3 is 2.15 bits per heavy atom. The second-order valence-electron chi connectivity index (χ2n) is 4.91. The van der Waals surface area contributed by atoms with Crippen LogP contribution in [0.25, 0.3) is 0 Å². The van der Waals surface area contributed by atoms with Gasteiger partial charge in [0.25, 0.3) is 10.1 Å². The Morgan fingerprint density at radius 2 is 1.75 bits per heavy atom. The fourth-order valence-corrected chi connectivity index (χ4v) is 2.57. The third kappa shape index (κ3) is 9.03. The Kier molecular flexibility index (Phi) is 8.63. The molecule has 0 saturated carbocycles. The lowest BCUT2D eigenvalue weighted by molar-refractivity contribution is -0.114. The summed E-state index contributed by atoms with van der Waals surface area (Å²) in [6.07, 6.45) is 2.04. The second-order valence-corrected chi connectivity index (χ2v) is 6.36. The number of carbonyl (C=O) groups excluding carboxylic acids is 1. The van der Waals surface area contributed by atoms with E-state index in [9.17, 15) is 13.2 Å². The summed E-state index contributed by atoms with van der Waals surface area (Å²) >= 11 is 0. The molecule has 0 atom stereocenters. The van der Waals surface area contributed by atoms with Crippen molar-refractivity contribution in [3.63, 3.8) is 0 Å². The van der Waals surface area contributed by atoms with Crippen molar-refractivity contribution >= 4 is 16.0 Å². The molecule has 0 aromatic rings. The van der Waals surface area contributed by atoms with Crippen molar-refractivity contribution in [1.29, 1.82) is 0 Å². The van der Waals surface area contributed by atoms with Crippen molar-refractivity contribution in [2.45, 2.75) is 25.7 Å². The van der Waals surface area contributed by atoms with Crippen LogP contribution in [0.4, 0.5) is 0 Å². The van der Waals surface area contributed by atoms with Gasteiger partial charge in [-0.25, -0.2) is 0 Å². The van der Waals surface area contributed by atoms with E-state index in [0.717, 1.165) is 13.0 Å². The van der Waals surface area contributed by atoms with Crippen LogP contribution in [0.15, 0.2) is 11.1 Å². The Hall–Kier alpha value is -0.960. The molecule has 0 aliphatic rings. The van der Waals surface area contributed by atoms with Gasteiger partial charge in [0.05, 0.1) is 0 Å². The monoisotopic (exact) mass is 308 g/mol. The van der Waals surface area contributed by atoms with Gasteiger partial charge < -0.3 is 15.7 Å². The average Bonchev–Trinajstić information content (AvgIpc) is 2.29. The number of allylic oxidation sites excluding steroid dienone is 1. The number of carbonyl (C=O) groups is 1. The molecule has 7 nitrogen and oxygen atoms in total. The first kappa shape index (κ1) is 19.0. The number of hydrogen-bond donors (Lipinski definition) is 3. The molecular weight excluding hydrogens is 284 g/mol. The van der Waals surface area contributed by atoms with Crippen molar-refractivity contribution in [2.75, 3.05) is 33.0 Å². The summed E-state index contributed by atoms with van der Waals surface area (Å²) in [6, 6.07) is 0. The smallest absolute Gasteiger partial charge is 0.269 e. The third-order valence-electron chi connectivity index (χ3n) is 2.77. The zero-order valence-corrected chi connectivity index (χ0v) is 12.8. The third-order valence-corrected chi connectivity index (χ3v) is 3.42. The van der Waals surface area contributed by atoms with Crippen LogP contribution in [0.5, 0.6) is 0 Å². The first-order valence-corrected chi connectivity index (χ1v) is 7.99. The van der Waals surface area contributed by atoms with Crippen LogP contribution in [-0.2, 0) is 14.9 Å². The van der Waals surface area contributed by atoms with E-state index in [4.69, 9.17) is 15.4 Å². The molecule has 0 aromatic heterocycles. The molecule has 0 unspecified atom stereocenters. The average molecular weight is 308 g/mol. The molecule has 20 heavy (non-hydrogen) atoms. The summed E-state index contributed by atoms with van der Waals surface area (Å²) in [5.74, 6) is -1.62. The Labute approximate surface area is 120 Å². The predicted molar refractivity (Wildman–Crippen MR) is 76.7 cm³/mol. The van der Waals surface area contributed by atoms with E-state index in [1.807, 2.05) is 19.0 Å². The SMILES string of the molecule is CN(C)CCCC(CCCO)=C(CS(=O)(=O)O)C(N)=O. The molecule has 4 N–H and O–H groups in total. The first-order chi connectivity index (χ1) is 9.17. The van der Waals surface area contributed by atoms with Gasteiger partial charge in [0.2, 0.25) is 5.91 Å². The predicted octanol–water partition coefficient (Wildman–Crippen LogP) is -0.230. The summed E-state index contributed by atoms with van der Waals surface area (Å²) in [5, 5.41) is 8.87. The molecule has 8 heteroatoms. The molecule has 0 saturated heterocycles. The molecule has 0 bridgehead atoms. The number of aliphatic hydroxyl groups is 1. The van der Waals surface area contributed by atoms with Crippen molar-refractivity contribution in [1.82, 2.24) is 4.90 Å². The van der Waals surface area contributed by atoms with E-state index in [1.54, 1.807) is 0 Å². The summed E-state index contributed by atoms with van der Waals surface area (Å²) in [7, 11) is -0.497. The minimum atomic E-state index is -4.31. The fourth-order valence-electron chi connectivity index (χ4n) is 1.86. The molecular formula is C12H24N2O5S. The number of nitrogens with zero attached hydrogens (tertiary/aromatic N) is 1. The second kappa shape index (κ2) is 9.06. The van der Waals surface area contributed by atoms with Gasteiger partial charge in [-0.2, -0.15) is 8.42 Å². The molecule has 1 amide bonds. The van der Waals surface area contributed by atoms with Crippen molar-refractivity contribution in [2.24, 2.45) is 5.73 Å². The molecule has 0 fully saturated rings. The molecule has 118 valence electrons. The van der Waals surface area contributed by atoms with Gasteiger partial charge in [0.1, 0.15) is 5.75 Å². The maximum Gasteiger partial charge on any atom is 0.269 e. The van der Waals surface area contributed by atoms with Gasteiger partial charge in [-0.15, -0.1) is 0 Å². The van der Waals surface area contributed by atoms with E-state index in [-0.39, 0.29) is 12.2 Å². The summed E-state index contributed by atoms with van der Waals surface area (Å²) < 4.78 is 30.8. The highest BCUT2D eigenvalue weighted by atomic mass is 32.2. The number of nitrogens with two attached hydrogens (primary N) is 1. The van der Waals surface area contributed by atoms with Crippen LogP contribution in [0, 0.1) is 0 Å². The van der Waals surface area contributed by atoms with Crippen LogP contribution >= 0.6 is 0 Å². The summed E-state index contributed by atoms with van der Waals surface area (Å²) in [4.78, 5) is 13.4. The van der Waals surface area contributed by atoms with E-state index in [1.165, 1.54) is 0 Å². The van der Waals surface area contributed by atoms with E-state index in [2.05, 4.69) is 0 Å². The largest absolute Gasteiger partial charge is 0.396 e. The Bertz CT molecular complexity index is 443. The first-order valence-electron chi connectivity index (χ1n) is 6.38. The summed E-state index contributed by atoms with van der Waals surface area (Å²) in [6.45, 7) is 0.718. The molecule has 0 aliphatic carbocycles. The molecule has 0 rings (SSSR count). The normalized spacial score (nSPS) is 13.4. The van der Waals surface area contributed by atoms with Gasteiger partial charge in [-0.1, -0.05) is 5.57 Å². The van der Waals surface area contributed by atoms with E-state index in [0.29, 0.717) is 24.8 Å². The fraction of sp³-hybridized carbons (Fsp3) is 0.750. The molecule has 0 aromatic carbocycles. The zero-order valence-electron chi connectivity index (χ0n) is 12.0. The quantitative estimate of drug-likeness (QED) is 0.379. The van der Waals surface area contributed by atoms with Gasteiger partial charge in [-0.05, 0) is 46.3 Å². The van der Waals surface area contributed by atoms with Crippen molar-refractivity contribution < 1.29 is 22.9 Å². The Morgan fingerprint density at radius 1 is 1.20 bits per heavy atom. The topological polar surface area (TPSA) is 121 Å². The standard InChI is InChI=1S/C12H24N2O5S/c1-14(2)7-3-5-10(6-4-8-15)11(12(13)16)9-20(17,18)19/h15H,3-9H2,1-2H3,(H2,13,16)(H,17,18,19). The lowest BCUT2D eigenvalue weighted by Crippen LogP contribution is -2.23.